The molecule has 1 aromatic carbocycles. The zero-order chi connectivity index (χ0) is 21.4. The number of phenols is 1. The number of halogens is 2. The van der Waals surface area contributed by atoms with Crippen LogP contribution in [0.2, 0.25) is 10.0 Å². The van der Waals surface area contributed by atoms with E-state index < -0.39 is 0 Å². The molecule has 152 valence electrons. The van der Waals surface area contributed by atoms with Gasteiger partial charge in [0.25, 0.3) is 5.91 Å². The van der Waals surface area contributed by atoms with Crippen molar-refractivity contribution in [2.24, 2.45) is 5.10 Å². The molecular formula is C21H16Cl2N4O2S. The number of fused-ring (bicyclic) bond motifs is 1. The molecule has 6 nitrogen and oxygen atoms in total. The van der Waals surface area contributed by atoms with Crippen LogP contribution in [0.25, 0.3) is 15.9 Å². The van der Waals surface area contributed by atoms with E-state index in [2.05, 4.69) is 15.5 Å². The van der Waals surface area contributed by atoms with Gasteiger partial charge in [-0.2, -0.15) is 5.10 Å². The van der Waals surface area contributed by atoms with Crippen molar-refractivity contribution in [1.82, 2.24) is 15.0 Å². The maximum atomic E-state index is 13.0. The van der Waals surface area contributed by atoms with Crippen molar-refractivity contribution in [1.29, 1.82) is 0 Å². The summed E-state index contributed by atoms with van der Waals surface area (Å²) in [6, 6.07) is 8.71. The summed E-state index contributed by atoms with van der Waals surface area (Å²) in [5.41, 5.74) is 5.49. The number of carbonyl (C=O) groups excluding carboxylic acids is 1. The number of aryl methyl sites for hydroxylation is 2. The Bertz CT molecular complexity index is 1300. The second-order valence-corrected chi connectivity index (χ2v) is 8.50. The molecule has 0 bridgehead atoms. The Hall–Kier alpha value is -2.87. The Kier molecular flexibility index (Phi) is 5.51. The SMILES string of the molecule is Cc1cc(C)c2c(-n3cccc3)c(C(=O)N/N=C/c3cc(Cl)cc(Cl)c3O)sc2n1. The van der Waals surface area contributed by atoms with Crippen LogP contribution < -0.4 is 5.43 Å². The van der Waals surface area contributed by atoms with Gasteiger partial charge >= 0.3 is 0 Å². The molecule has 0 atom stereocenters. The predicted molar refractivity (Wildman–Crippen MR) is 122 cm³/mol. The fraction of sp³-hybridized carbons (Fsp3) is 0.0952. The molecule has 0 spiro atoms. The summed E-state index contributed by atoms with van der Waals surface area (Å²) in [6.07, 6.45) is 5.06. The molecule has 1 amide bonds. The highest BCUT2D eigenvalue weighted by Crippen LogP contribution is 2.36. The van der Waals surface area contributed by atoms with Gasteiger partial charge in [0, 0.05) is 34.1 Å². The first-order chi connectivity index (χ1) is 14.3. The zero-order valence-electron chi connectivity index (χ0n) is 16.0. The van der Waals surface area contributed by atoms with E-state index in [0.29, 0.717) is 15.5 Å². The monoisotopic (exact) mass is 458 g/mol. The molecule has 9 heteroatoms. The van der Waals surface area contributed by atoms with Gasteiger partial charge in [0.2, 0.25) is 0 Å². The number of phenolic OH excluding ortho intramolecular Hbond substituents is 1. The summed E-state index contributed by atoms with van der Waals surface area (Å²) in [4.78, 5) is 18.8. The van der Waals surface area contributed by atoms with Crippen LogP contribution >= 0.6 is 34.5 Å². The number of benzene rings is 1. The zero-order valence-corrected chi connectivity index (χ0v) is 18.3. The average molecular weight is 459 g/mol. The number of hydrazone groups is 1. The quantitative estimate of drug-likeness (QED) is 0.313. The third-order valence-electron chi connectivity index (χ3n) is 4.46. The van der Waals surface area contributed by atoms with Crippen LogP contribution in [0, 0.1) is 13.8 Å². The third kappa shape index (κ3) is 3.79. The molecule has 2 N–H and O–H groups in total. The van der Waals surface area contributed by atoms with Crippen LogP contribution in [0.1, 0.15) is 26.5 Å². The average Bonchev–Trinajstić information content (AvgIpc) is 3.32. The van der Waals surface area contributed by atoms with Crippen LogP contribution in [-0.2, 0) is 0 Å². The number of aromatic hydroxyl groups is 1. The molecule has 3 heterocycles. The normalized spacial score (nSPS) is 11.5. The first-order valence-corrected chi connectivity index (χ1v) is 10.5. The lowest BCUT2D eigenvalue weighted by Crippen LogP contribution is -2.18. The fourth-order valence-electron chi connectivity index (χ4n) is 3.20. The van der Waals surface area contributed by atoms with E-state index in [1.54, 1.807) is 0 Å². The van der Waals surface area contributed by atoms with Gasteiger partial charge in [0.05, 0.1) is 16.9 Å². The highest BCUT2D eigenvalue weighted by atomic mass is 35.5. The lowest BCUT2D eigenvalue weighted by atomic mass is 10.1. The van der Waals surface area contributed by atoms with Crippen LogP contribution in [0.4, 0.5) is 0 Å². The van der Waals surface area contributed by atoms with Crippen molar-refractivity contribution in [3.05, 3.63) is 74.5 Å². The van der Waals surface area contributed by atoms with E-state index >= 15 is 0 Å². The molecular weight excluding hydrogens is 443 g/mol. The van der Waals surface area contributed by atoms with E-state index in [1.165, 1.54) is 29.7 Å². The van der Waals surface area contributed by atoms with E-state index in [9.17, 15) is 9.90 Å². The van der Waals surface area contributed by atoms with Gasteiger partial charge in [-0.1, -0.05) is 23.2 Å². The van der Waals surface area contributed by atoms with Crippen LogP contribution in [-0.4, -0.2) is 26.8 Å². The highest BCUT2D eigenvalue weighted by molar-refractivity contribution is 7.21. The van der Waals surface area contributed by atoms with Gasteiger partial charge in [-0.25, -0.2) is 10.4 Å². The molecule has 0 radical (unpaired) electrons. The van der Waals surface area contributed by atoms with Crippen LogP contribution in [0.15, 0.2) is 47.8 Å². The minimum atomic E-state index is -0.386. The molecule has 4 rings (SSSR count). The first kappa shape index (κ1) is 20.4. The summed E-state index contributed by atoms with van der Waals surface area (Å²) < 4.78 is 1.89. The maximum absolute atomic E-state index is 13.0. The number of hydrogen-bond acceptors (Lipinski definition) is 5. The number of carbonyl (C=O) groups is 1. The predicted octanol–water partition coefficient (Wildman–Crippen LogP) is 5.48. The fourth-order valence-corrected chi connectivity index (χ4v) is 4.90. The Morgan fingerprint density at radius 2 is 1.97 bits per heavy atom. The standard InChI is InChI=1S/C21H16Cl2N4O2S/c1-11-7-12(2)25-21-16(11)17(27-5-3-4-6-27)19(30-21)20(29)26-24-10-13-8-14(22)9-15(23)18(13)28/h3-10,28H,1-2H3,(H,26,29)/b24-10+. The molecule has 0 aliphatic heterocycles. The molecule has 0 aliphatic rings. The number of amides is 1. The van der Waals surface area contributed by atoms with Gasteiger partial charge in [0.15, 0.2) is 0 Å². The number of pyridine rings is 1. The van der Waals surface area contributed by atoms with Gasteiger partial charge in [-0.3, -0.25) is 4.79 Å². The van der Waals surface area contributed by atoms with Crippen molar-refractivity contribution in [3.63, 3.8) is 0 Å². The molecule has 3 aromatic heterocycles. The molecule has 30 heavy (non-hydrogen) atoms. The number of thiophene rings is 1. The van der Waals surface area contributed by atoms with Crippen molar-refractivity contribution in [3.8, 4) is 11.4 Å². The minimum Gasteiger partial charge on any atom is -0.506 e. The molecule has 0 saturated carbocycles. The minimum absolute atomic E-state index is 0.103. The lowest BCUT2D eigenvalue weighted by Gasteiger charge is -2.07. The van der Waals surface area contributed by atoms with Crippen LogP contribution in [0.5, 0.6) is 5.75 Å². The lowest BCUT2D eigenvalue weighted by molar-refractivity contribution is 0.0959. The topological polar surface area (TPSA) is 79.5 Å². The second-order valence-electron chi connectivity index (χ2n) is 6.66. The summed E-state index contributed by atoms with van der Waals surface area (Å²) in [5.74, 6) is -0.549. The van der Waals surface area contributed by atoms with Crippen molar-refractivity contribution < 1.29 is 9.90 Å². The third-order valence-corrected chi connectivity index (χ3v) is 6.04. The number of nitrogens with zero attached hydrogens (tertiary/aromatic N) is 3. The number of hydrogen-bond donors (Lipinski definition) is 2. The Morgan fingerprint density at radius 3 is 2.70 bits per heavy atom. The van der Waals surface area contributed by atoms with Crippen molar-refractivity contribution >= 4 is 56.9 Å². The first-order valence-electron chi connectivity index (χ1n) is 8.90. The van der Waals surface area contributed by atoms with Gasteiger partial charge in [-0.15, -0.1) is 11.3 Å². The Morgan fingerprint density at radius 1 is 1.23 bits per heavy atom. The largest absolute Gasteiger partial charge is 0.506 e. The maximum Gasteiger partial charge on any atom is 0.283 e. The van der Waals surface area contributed by atoms with Crippen LogP contribution in [0.3, 0.4) is 0 Å². The van der Waals surface area contributed by atoms with Gasteiger partial charge in [-0.05, 0) is 49.7 Å². The van der Waals surface area contributed by atoms with Crippen molar-refractivity contribution in [2.75, 3.05) is 0 Å². The highest BCUT2D eigenvalue weighted by Gasteiger charge is 2.22. The van der Waals surface area contributed by atoms with Crippen molar-refractivity contribution in [2.45, 2.75) is 13.8 Å². The van der Waals surface area contributed by atoms with Gasteiger partial charge < -0.3 is 9.67 Å². The smallest absolute Gasteiger partial charge is 0.283 e. The summed E-state index contributed by atoms with van der Waals surface area (Å²) in [5, 5.41) is 15.4. The van der Waals surface area contributed by atoms with E-state index in [0.717, 1.165) is 27.2 Å². The Labute approximate surface area is 186 Å². The molecule has 0 aliphatic carbocycles. The molecule has 4 aromatic rings. The van der Waals surface area contributed by atoms with E-state index in [1.807, 2.05) is 49.0 Å². The van der Waals surface area contributed by atoms with E-state index in [4.69, 9.17) is 23.2 Å². The second kappa shape index (κ2) is 8.10. The summed E-state index contributed by atoms with van der Waals surface area (Å²) >= 11 is 13.2. The number of nitrogens with one attached hydrogen (secondary N) is 1. The van der Waals surface area contributed by atoms with Gasteiger partial charge in [0.1, 0.15) is 15.5 Å². The van der Waals surface area contributed by atoms with E-state index in [-0.39, 0.29) is 16.7 Å². The Balaban J connectivity index is 1.72. The number of rotatable bonds is 4. The summed E-state index contributed by atoms with van der Waals surface area (Å²) in [7, 11) is 0. The molecule has 0 unspecified atom stereocenters. The number of aromatic nitrogens is 2. The molecule has 0 fully saturated rings. The summed E-state index contributed by atoms with van der Waals surface area (Å²) in [6.45, 7) is 3.93. The molecule has 0 saturated heterocycles.